The summed E-state index contributed by atoms with van der Waals surface area (Å²) in [5, 5.41) is 0. The Morgan fingerprint density at radius 2 is 1.61 bits per heavy atom. The molecule has 0 aliphatic heterocycles. The third-order valence-electron chi connectivity index (χ3n) is 13.6. The van der Waals surface area contributed by atoms with Crippen LogP contribution in [0.15, 0.2) is 11.6 Å². The lowest BCUT2D eigenvalue weighted by Gasteiger charge is -2.71. The number of carbonyl (C=O) groups excluding carboxylic acids is 1. The van der Waals surface area contributed by atoms with Crippen LogP contribution in [0.2, 0.25) is 0 Å². The average molecular weight is 455 g/mol. The lowest BCUT2D eigenvalue weighted by Crippen LogP contribution is -2.64. The highest BCUT2D eigenvalue weighted by Gasteiger charge is 2.68. The Labute approximate surface area is 203 Å². The highest BCUT2D eigenvalue weighted by Crippen LogP contribution is 2.75. The number of carbonyl (C=O) groups is 1. The van der Waals surface area contributed by atoms with Gasteiger partial charge in [-0.25, -0.2) is 0 Å². The van der Waals surface area contributed by atoms with Gasteiger partial charge in [-0.1, -0.05) is 67.0 Å². The van der Waals surface area contributed by atoms with Gasteiger partial charge >= 0.3 is 0 Å². The van der Waals surface area contributed by atoms with Crippen molar-refractivity contribution in [3.05, 3.63) is 11.6 Å². The second kappa shape index (κ2) is 7.36. The van der Waals surface area contributed by atoms with Crippen molar-refractivity contribution in [2.75, 3.05) is 0 Å². The van der Waals surface area contributed by atoms with Gasteiger partial charge in [-0.2, -0.15) is 0 Å². The van der Waals surface area contributed by atoms with E-state index in [2.05, 4.69) is 61.5 Å². The number of rotatable bonds is 2. The Balaban J connectivity index is 1.56. The van der Waals surface area contributed by atoms with E-state index >= 15 is 0 Å². The fraction of sp³-hybridized carbons (Fsp3) is 0.903. The Kier molecular flexibility index (Phi) is 5.34. The van der Waals surface area contributed by atoms with Gasteiger partial charge in [0.1, 0.15) is 6.10 Å². The molecular formula is C31H50O2. The van der Waals surface area contributed by atoms with Crippen LogP contribution in [0.5, 0.6) is 0 Å². The van der Waals surface area contributed by atoms with Crippen molar-refractivity contribution in [1.82, 2.24) is 0 Å². The summed E-state index contributed by atoms with van der Waals surface area (Å²) in [4.78, 5) is 11.2. The Hall–Kier alpha value is -0.790. The van der Waals surface area contributed by atoms with E-state index < -0.39 is 0 Å². The third kappa shape index (κ3) is 2.94. The van der Waals surface area contributed by atoms with E-state index in [0.717, 1.165) is 30.1 Å². The van der Waals surface area contributed by atoms with Gasteiger partial charge in [-0.3, -0.25) is 4.79 Å². The summed E-state index contributed by atoms with van der Waals surface area (Å²) in [6.07, 6.45) is 14.6. The van der Waals surface area contributed by atoms with Crippen molar-refractivity contribution in [3.63, 3.8) is 0 Å². The summed E-state index contributed by atoms with van der Waals surface area (Å²) in [7, 11) is 0. The molecule has 0 bridgehead atoms. The van der Waals surface area contributed by atoms with Crippen molar-refractivity contribution in [1.29, 1.82) is 0 Å². The quantitative estimate of drug-likeness (QED) is 0.310. The molecule has 2 heteroatoms. The second-order valence-electron chi connectivity index (χ2n) is 14.9. The standard InChI is InChI=1S/C31H50O2/c1-20-11-14-28(5)17-18-30(7)22(26(28)21(20)2)9-10-24-29(6)15-13-25(33-19-32)27(3,4)23(29)12-16-31(24,30)8/h9,19-21,23-26H,10-18H2,1-8H3/t20-,21+,23-,24-,25+,26-,28-,29+,30-,31-/m1/s1. The molecule has 186 valence electrons. The summed E-state index contributed by atoms with van der Waals surface area (Å²) >= 11 is 0. The van der Waals surface area contributed by atoms with Crippen LogP contribution < -0.4 is 0 Å². The lowest BCUT2D eigenvalue weighted by molar-refractivity contribution is -0.209. The maximum atomic E-state index is 11.2. The zero-order valence-corrected chi connectivity index (χ0v) is 22.8. The molecular weight excluding hydrogens is 404 g/mol. The minimum absolute atomic E-state index is 0.0542. The minimum atomic E-state index is 0.0542. The maximum absolute atomic E-state index is 11.2. The van der Waals surface area contributed by atoms with Gasteiger partial charge in [0.2, 0.25) is 0 Å². The molecule has 0 radical (unpaired) electrons. The van der Waals surface area contributed by atoms with Crippen LogP contribution in [0, 0.1) is 56.7 Å². The molecule has 4 fully saturated rings. The Bertz CT molecular complexity index is 842. The predicted octanol–water partition coefficient (Wildman–Crippen LogP) is 8.21. The van der Waals surface area contributed by atoms with Gasteiger partial charge < -0.3 is 4.74 Å². The number of fused-ring (bicyclic) bond motifs is 7. The molecule has 33 heavy (non-hydrogen) atoms. The molecule has 2 nitrogen and oxygen atoms in total. The molecule has 0 saturated heterocycles. The molecule has 0 N–H and O–H groups in total. The largest absolute Gasteiger partial charge is 0.464 e. The monoisotopic (exact) mass is 454 g/mol. The molecule has 0 aromatic carbocycles. The van der Waals surface area contributed by atoms with Crippen molar-refractivity contribution >= 4 is 6.47 Å². The van der Waals surface area contributed by atoms with Crippen LogP contribution in [-0.4, -0.2) is 12.6 Å². The average Bonchev–Trinajstić information content (AvgIpc) is 2.74. The van der Waals surface area contributed by atoms with Gasteiger partial charge in [-0.15, -0.1) is 0 Å². The van der Waals surface area contributed by atoms with E-state index in [1.54, 1.807) is 0 Å². The van der Waals surface area contributed by atoms with Crippen LogP contribution >= 0.6 is 0 Å². The molecule has 0 amide bonds. The van der Waals surface area contributed by atoms with E-state index in [1.165, 1.54) is 51.4 Å². The summed E-state index contributed by atoms with van der Waals surface area (Å²) in [6, 6.07) is 0. The zero-order chi connectivity index (χ0) is 24.0. The molecule has 5 rings (SSSR count). The van der Waals surface area contributed by atoms with Crippen molar-refractivity contribution in [2.45, 2.75) is 119 Å². The van der Waals surface area contributed by atoms with Crippen LogP contribution in [0.3, 0.4) is 0 Å². The normalized spacial score (nSPS) is 55.2. The van der Waals surface area contributed by atoms with Crippen LogP contribution in [-0.2, 0) is 9.53 Å². The zero-order valence-electron chi connectivity index (χ0n) is 22.8. The van der Waals surface area contributed by atoms with Gasteiger partial charge in [0.25, 0.3) is 6.47 Å². The highest BCUT2D eigenvalue weighted by molar-refractivity contribution is 5.38. The summed E-state index contributed by atoms with van der Waals surface area (Å²) in [6.45, 7) is 21.2. The lowest BCUT2D eigenvalue weighted by atomic mass is 9.33. The molecule has 10 atom stereocenters. The van der Waals surface area contributed by atoms with E-state index in [4.69, 9.17) is 4.74 Å². The Morgan fingerprint density at radius 1 is 0.879 bits per heavy atom. The number of hydrogen-bond acceptors (Lipinski definition) is 2. The number of allylic oxidation sites excluding steroid dienone is 2. The van der Waals surface area contributed by atoms with Crippen molar-refractivity contribution in [2.24, 2.45) is 56.7 Å². The first-order valence-corrected chi connectivity index (χ1v) is 14.1. The maximum Gasteiger partial charge on any atom is 0.293 e. The molecule has 5 aliphatic rings. The predicted molar refractivity (Wildman–Crippen MR) is 136 cm³/mol. The van der Waals surface area contributed by atoms with E-state index in [9.17, 15) is 4.79 Å². The van der Waals surface area contributed by atoms with E-state index in [-0.39, 0.29) is 11.5 Å². The first-order valence-electron chi connectivity index (χ1n) is 14.1. The minimum Gasteiger partial charge on any atom is -0.464 e. The molecule has 0 aromatic rings. The molecule has 5 aliphatic carbocycles. The van der Waals surface area contributed by atoms with E-state index in [0.29, 0.717) is 34.1 Å². The van der Waals surface area contributed by atoms with Crippen molar-refractivity contribution < 1.29 is 9.53 Å². The summed E-state index contributed by atoms with van der Waals surface area (Å²) < 4.78 is 5.66. The van der Waals surface area contributed by atoms with Crippen molar-refractivity contribution in [3.8, 4) is 0 Å². The molecule has 4 saturated carbocycles. The smallest absolute Gasteiger partial charge is 0.293 e. The van der Waals surface area contributed by atoms with Gasteiger partial charge in [-0.05, 0) is 109 Å². The fourth-order valence-electron chi connectivity index (χ4n) is 11.1. The van der Waals surface area contributed by atoms with Crippen LogP contribution in [0.4, 0.5) is 0 Å². The summed E-state index contributed by atoms with van der Waals surface area (Å²) in [5.74, 6) is 3.78. The number of hydrogen-bond donors (Lipinski definition) is 0. The molecule has 0 heterocycles. The van der Waals surface area contributed by atoms with Gasteiger partial charge in [0.15, 0.2) is 0 Å². The second-order valence-corrected chi connectivity index (χ2v) is 14.9. The molecule has 0 aromatic heterocycles. The SMILES string of the molecule is C[C@H]1[C@H](C)CC[C@]2(C)CC[C@]3(C)C(=CC[C@@H]4[C@@]5(C)CC[C@H](OC=O)C(C)(C)[C@H]5CC[C@]43C)[C@@H]12. The first kappa shape index (κ1) is 23.9. The Morgan fingerprint density at radius 3 is 2.30 bits per heavy atom. The highest BCUT2D eigenvalue weighted by atomic mass is 16.5. The molecule has 0 spiro atoms. The van der Waals surface area contributed by atoms with Gasteiger partial charge in [0, 0.05) is 5.41 Å². The van der Waals surface area contributed by atoms with Crippen LogP contribution in [0.1, 0.15) is 113 Å². The fourth-order valence-corrected chi connectivity index (χ4v) is 11.1. The third-order valence-corrected chi connectivity index (χ3v) is 13.6. The molecule has 0 unspecified atom stereocenters. The summed E-state index contributed by atoms with van der Waals surface area (Å²) in [5.41, 5.74) is 3.47. The van der Waals surface area contributed by atoms with Crippen LogP contribution in [0.25, 0.3) is 0 Å². The van der Waals surface area contributed by atoms with Gasteiger partial charge in [0.05, 0.1) is 0 Å². The van der Waals surface area contributed by atoms with E-state index in [1.807, 2.05) is 5.57 Å². The first-order chi connectivity index (χ1) is 15.3. The number of ether oxygens (including phenoxy) is 1. The topological polar surface area (TPSA) is 26.3 Å².